The summed E-state index contributed by atoms with van der Waals surface area (Å²) in [4.78, 5) is 0. The van der Waals surface area contributed by atoms with Crippen molar-refractivity contribution >= 4 is 0 Å². The zero-order valence-electron chi connectivity index (χ0n) is 8.59. The van der Waals surface area contributed by atoms with Gasteiger partial charge in [-0.15, -0.1) is 0 Å². The number of nitrogens with zero attached hydrogens (tertiary/aromatic N) is 2. The van der Waals surface area contributed by atoms with Gasteiger partial charge in [0.05, 0.1) is 5.69 Å². The van der Waals surface area contributed by atoms with Crippen LogP contribution in [0, 0.1) is 0 Å². The summed E-state index contributed by atoms with van der Waals surface area (Å²) in [6.07, 6.45) is -3.85. The Bertz CT molecular complexity index is 476. The molecule has 0 amide bonds. The van der Waals surface area contributed by atoms with Crippen LogP contribution >= 0.6 is 0 Å². The summed E-state index contributed by atoms with van der Waals surface area (Å²) >= 11 is 0. The summed E-state index contributed by atoms with van der Waals surface area (Å²) in [5.74, 6) is 0. The predicted molar refractivity (Wildman–Crippen MR) is 54.6 cm³/mol. The zero-order chi connectivity index (χ0) is 12.5. The summed E-state index contributed by atoms with van der Waals surface area (Å²) in [6, 6.07) is 7.11. The molecule has 6 heteroatoms. The van der Waals surface area contributed by atoms with Gasteiger partial charge in [-0.1, -0.05) is 12.1 Å². The molecule has 0 aliphatic carbocycles. The van der Waals surface area contributed by atoms with Crippen LogP contribution in [0.5, 0.6) is 0 Å². The van der Waals surface area contributed by atoms with Crippen molar-refractivity contribution in [2.24, 2.45) is 0 Å². The van der Waals surface area contributed by atoms with Crippen molar-refractivity contribution in [1.82, 2.24) is 9.78 Å². The van der Waals surface area contributed by atoms with Gasteiger partial charge < -0.3 is 5.11 Å². The third-order valence-electron chi connectivity index (χ3n) is 2.29. The lowest BCUT2D eigenvalue weighted by Crippen LogP contribution is -2.20. The summed E-state index contributed by atoms with van der Waals surface area (Å²) in [6.45, 7) is 0. The number of aliphatic hydroxyl groups is 1. The highest BCUT2D eigenvalue weighted by atomic mass is 19.4. The Hall–Kier alpha value is -1.82. The molecule has 1 heterocycles. The lowest BCUT2D eigenvalue weighted by atomic mass is 10.1. The van der Waals surface area contributed by atoms with E-state index in [4.69, 9.17) is 5.11 Å². The summed E-state index contributed by atoms with van der Waals surface area (Å²) in [5, 5.41) is 13.0. The molecule has 0 aliphatic rings. The van der Waals surface area contributed by atoms with Gasteiger partial charge in [-0.2, -0.15) is 18.3 Å². The van der Waals surface area contributed by atoms with E-state index in [1.54, 1.807) is 18.5 Å². The molecule has 0 radical (unpaired) electrons. The molecule has 2 rings (SSSR count). The average Bonchev–Trinajstić information content (AvgIpc) is 2.80. The minimum Gasteiger partial charge on any atom is -0.379 e. The molecular formula is C11H9F3N2O. The van der Waals surface area contributed by atoms with Crippen LogP contribution in [-0.4, -0.2) is 21.1 Å². The van der Waals surface area contributed by atoms with E-state index in [1.807, 2.05) is 0 Å². The third kappa shape index (κ3) is 2.47. The van der Waals surface area contributed by atoms with E-state index in [9.17, 15) is 13.2 Å². The molecule has 1 unspecified atom stereocenters. The van der Waals surface area contributed by atoms with Crippen LogP contribution < -0.4 is 0 Å². The zero-order valence-corrected chi connectivity index (χ0v) is 8.59. The number of aliphatic hydroxyl groups excluding tert-OH is 1. The fraction of sp³-hybridized carbons (Fsp3) is 0.182. The van der Waals surface area contributed by atoms with Crippen LogP contribution in [0.2, 0.25) is 0 Å². The Morgan fingerprint density at radius 1 is 1.18 bits per heavy atom. The van der Waals surface area contributed by atoms with Crippen molar-refractivity contribution in [3.05, 3.63) is 48.3 Å². The fourth-order valence-corrected chi connectivity index (χ4v) is 1.42. The fourth-order valence-electron chi connectivity index (χ4n) is 1.42. The van der Waals surface area contributed by atoms with E-state index in [-0.39, 0.29) is 5.56 Å². The predicted octanol–water partition coefficient (Wildman–Crippen LogP) is 2.47. The van der Waals surface area contributed by atoms with E-state index >= 15 is 0 Å². The van der Waals surface area contributed by atoms with Gasteiger partial charge in [-0.3, -0.25) is 0 Å². The molecule has 0 fully saturated rings. The number of halogens is 3. The number of hydrogen-bond donors (Lipinski definition) is 1. The van der Waals surface area contributed by atoms with Gasteiger partial charge in [-0.25, -0.2) is 4.68 Å². The molecule has 17 heavy (non-hydrogen) atoms. The lowest BCUT2D eigenvalue weighted by Gasteiger charge is -2.14. The molecule has 1 N–H and O–H groups in total. The van der Waals surface area contributed by atoms with E-state index in [2.05, 4.69) is 5.10 Å². The first-order valence-corrected chi connectivity index (χ1v) is 4.83. The maximum atomic E-state index is 12.2. The average molecular weight is 242 g/mol. The summed E-state index contributed by atoms with van der Waals surface area (Å²) in [5.41, 5.74) is 0.446. The van der Waals surface area contributed by atoms with Gasteiger partial charge >= 0.3 is 6.18 Å². The monoisotopic (exact) mass is 242 g/mol. The molecule has 90 valence electrons. The molecule has 0 aliphatic heterocycles. The normalized spacial score (nSPS) is 13.6. The topological polar surface area (TPSA) is 38.0 Å². The van der Waals surface area contributed by atoms with Crippen LogP contribution in [-0.2, 0) is 0 Å². The second kappa shape index (κ2) is 4.21. The molecule has 0 bridgehead atoms. The van der Waals surface area contributed by atoms with Crippen LogP contribution in [0.15, 0.2) is 42.7 Å². The van der Waals surface area contributed by atoms with E-state index in [0.29, 0.717) is 5.69 Å². The SMILES string of the molecule is OC(c1ccc(-n2cccn2)cc1)C(F)(F)F. The molecule has 2 aromatic rings. The smallest absolute Gasteiger partial charge is 0.379 e. The van der Waals surface area contributed by atoms with Gasteiger partial charge in [0.25, 0.3) is 0 Å². The Labute approximate surface area is 95.1 Å². The van der Waals surface area contributed by atoms with Crippen LogP contribution in [0.1, 0.15) is 11.7 Å². The molecule has 3 nitrogen and oxygen atoms in total. The molecular weight excluding hydrogens is 233 g/mol. The van der Waals surface area contributed by atoms with E-state index in [0.717, 1.165) is 0 Å². The van der Waals surface area contributed by atoms with Crippen LogP contribution in [0.25, 0.3) is 5.69 Å². The molecule has 0 spiro atoms. The first-order chi connectivity index (χ1) is 7.98. The van der Waals surface area contributed by atoms with Gasteiger partial charge in [0, 0.05) is 12.4 Å². The van der Waals surface area contributed by atoms with Gasteiger partial charge in [-0.05, 0) is 23.8 Å². The lowest BCUT2D eigenvalue weighted by molar-refractivity contribution is -0.206. The number of alkyl halides is 3. The Balaban J connectivity index is 2.25. The van der Waals surface area contributed by atoms with Crippen molar-refractivity contribution in [2.75, 3.05) is 0 Å². The van der Waals surface area contributed by atoms with Crippen molar-refractivity contribution < 1.29 is 18.3 Å². The molecule has 1 atom stereocenters. The first-order valence-electron chi connectivity index (χ1n) is 4.83. The Kier molecular flexibility index (Phi) is 2.89. The highest BCUT2D eigenvalue weighted by Gasteiger charge is 2.39. The van der Waals surface area contributed by atoms with E-state index in [1.165, 1.54) is 28.9 Å². The number of aromatic nitrogens is 2. The van der Waals surface area contributed by atoms with E-state index < -0.39 is 12.3 Å². The number of rotatable bonds is 2. The Morgan fingerprint density at radius 2 is 1.82 bits per heavy atom. The van der Waals surface area contributed by atoms with Crippen molar-refractivity contribution in [3.63, 3.8) is 0 Å². The molecule has 1 aromatic carbocycles. The second-order valence-corrected chi connectivity index (χ2v) is 3.49. The first kappa shape index (κ1) is 11.7. The Morgan fingerprint density at radius 3 is 2.29 bits per heavy atom. The largest absolute Gasteiger partial charge is 0.418 e. The van der Waals surface area contributed by atoms with Gasteiger partial charge in [0.2, 0.25) is 0 Å². The number of benzene rings is 1. The highest BCUT2D eigenvalue weighted by Crippen LogP contribution is 2.32. The number of hydrogen-bond acceptors (Lipinski definition) is 2. The maximum absolute atomic E-state index is 12.2. The highest BCUT2D eigenvalue weighted by molar-refractivity contribution is 5.34. The molecule has 0 saturated heterocycles. The summed E-state index contributed by atoms with van der Waals surface area (Å²) < 4.78 is 38.2. The molecule has 1 aromatic heterocycles. The van der Waals surface area contributed by atoms with Crippen LogP contribution in [0.3, 0.4) is 0 Å². The summed E-state index contributed by atoms with van der Waals surface area (Å²) in [7, 11) is 0. The quantitative estimate of drug-likeness (QED) is 0.878. The van der Waals surface area contributed by atoms with Crippen molar-refractivity contribution in [2.45, 2.75) is 12.3 Å². The minimum atomic E-state index is -4.65. The maximum Gasteiger partial charge on any atom is 0.418 e. The van der Waals surface area contributed by atoms with Crippen molar-refractivity contribution in [1.29, 1.82) is 0 Å². The molecule has 0 saturated carbocycles. The van der Waals surface area contributed by atoms with Crippen LogP contribution in [0.4, 0.5) is 13.2 Å². The second-order valence-electron chi connectivity index (χ2n) is 3.49. The van der Waals surface area contributed by atoms with Gasteiger partial charge in [0.15, 0.2) is 6.10 Å². The third-order valence-corrected chi connectivity index (χ3v) is 2.29. The minimum absolute atomic E-state index is 0.187. The van der Waals surface area contributed by atoms with Crippen molar-refractivity contribution in [3.8, 4) is 5.69 Å². The van der Waals surface area contributed by atoms with Gasteiger partial charge in [0.1, 0.15) is 0 Å². The standard InChI is InChI=1S/C11H9F3N2O/c12-11(13,14)10(17)8-2-4-9(5-3-8)16-7-1-6-15-16/h1-7,10,17H.